The molecule has 0 amide bonds. The average Bonchev–Trinajstić information content (AvgIpc) is 2.14. The second kappa shape index (κ2) is 4.66. The lowest BCUT2D eigenvalue weighted by Gasteiger charge is -2.12. The van der Waals surface area contributed by atoms with E-state index in [0.29, 0.717) is 6.20 Å². The first-order chi connectivity index (χ1) is 7.66. The molecule has 1 rings (SSSR count). The van der Waals surface area contributed by atoms with Crippen LogP contribution in [-0.2, 0) is 6.18 Å². The third kappa shape index (κ3) is 2.79. The van der Waals surface area contributed by atoms with E-state index in [-0.39, 0.29) is 0 Å². The Kier molecular flexibility index (Phi) is 3.84. The number of hydrogen-bond acceptors (Lipinski definition) is 3. The van der Waals surface area contributed by atoms with Crippen LogP contribution in [0.3, 0.4) is 0 Å². The van der Waals surface area contributed by atoms with E-state index in [2.05, 4.69) is 4.98 Å². The van der Waals surface area contributed by atoms with Gasteiger partial charge in [-0.2, -0.15) is 13.2 Å². The zero-order chi connectivity index (χ0) is 13.4. The molecule has 17 heavy (non-hydrogen) atoms. The first-order valence-electron chi connectivity index (χ1n) is 3.84. The van der Waals surface area contributed by atoms with Gasteiger partial charge < -0.3 is 10.1 Å². The van der Waals surface area contributed by atoms with Crippen LogP contribution in [0.25, 0.3) is 0 Å². The summed E-state index contributed by atoms with van der Waals surface area (Å²) in [7, 11) is 0. The molecule has 0 unspecified atom stereocenters. The molecular weight excluding hydrogens is 366 g/mol. The Hall–Kier alpha value is -1.07. The van der Waals surface area contributed by atoms with Crippen molar-refractivity contribution in [1.82, 2.24) is 4.98 Å². The Balaban J connectivity index is 3.67. The fraction of sp³-hybridized carbons (Fsp3) is 0.286. The van der Waals surface area contributed by atoms with Crippen LogP contribution in [0.4, 0.5) is 27.8 Å². The van der Waals surface area contributed by atoms with E-state index in [9.17, 15) is 32.1 Å². The fourth-order valence-electron chi connectivity index (χ4n) is 1.13. The molecule has 1 heterocycles. The van der Waals surface area contributed by atoms with Gasteiger partial charge in [0.25, 0.3) is 6.43 Å². The van der Waals surface area contributed by atoms with Gasteiger partial charge in [-0.3, -0.25) is 0 Å². The maximum atomic E-state index is 12.5. The Bertz CT molecular complexity index is 462. The maximum absolute atomic E-state index is 12.5. The molecule has 10 heteroatoms. The van der Waals surface area contributed by atoms with Gasteiger partial charge in [-0.1, -0.05) is 0 Å². The normalized spacial score (nSPS) is 11.9. The molecule has 0 fully saturated rings. The van der Waals surface area contributed by atoms with Crippen LogP contribution < -0.4 is 0 Å². The predicted molar refractivity (Wildman–Crippen MR) is 53.6 cm³/mol. The van der Waals surface area contributed by atoms with Gasteiger partial charge in [0.05, 0.1) is 9.13 Å². The van der Waals surface area contributed by atoms with Gasteiger partial charge in [0.15, 0.2) is 6.20 Å². The SMILES string of the molecule is O=[N+]([O-])c1ncc(I)c(C(F)(F)F)c1C(F)F. The van der Waals surface area contributed by atoms with Gasteiger partial charge in [0.1, 0.15) is 5.56 Å². The van der Waals surface area contributed by atoms with E-state index in [1.54, 1.807) is 0 Å². The molecule has 0 N–H and O–H groups in total. The van der Waals surface area contributed by atoms with E-state index < -0.39 is 38.0 Å². The lowest BCUT2D eigenvalue weighted by molar-refractivity contribution is -0.391. The number of rotatable bonds is 2. The van der Waals surface area contributed by atoms with Crippen molar-refractivity contribution in [2.45, 2.75) is 12.6 Å². The second-order valence-electron chi connectivity index (χ2n) is 2.77. The number of aromatic nitrogens is 1. The van der Waals surface area contributed by atoms with Crippen molar-refractivity contribution in [3.8, 4) is 0 Å². The molecule has 0 aliphatic carbocycles. The summed E-state index contributed by atoms with van der Waals surface area (Å²) in [6, 6.07) is 0. The molecule has 0 aromatic carbocycles. The molecule has 0 spiro atoms. The van der Waals surface area contributed by atoms with Crippen LogP contribution in [0.2, 0.25) is 0 Å². The van der Waals surface area contributed by atoms with Crippen molar-refractivity contribution in [3.63, 3.8) is 0 Å². The summed E-state index contributed by atoms with van der Waals surface area (Å²) >= 11 is 1.15. The molecule has 0 saturated carbocycles. The smallest absolute Gasteiger partial charge is 0.358 e. The van der Waals surface area contributed by atoms with Crippen LogP contribution in [-0.4, -0.2) is 9.91 Å². The highest BCUT2D eigenvalue weighted by molar-refractivity contribution is 14.1. The Morgan fingerprint density at radius 2 is 1.94 bits per heavy atom. The van der Waals surface area contributed by atoms with Gasteiger partial charge in [-0.05, 0) is 32.5 Å². The Morgan fingerprint density at radius 3 is 2.29 bits per heavy atom. The first kappa shape index (κ1) is 14.0. The predicted octanol–water partition coefficient (Wildman–Crippen LogP) is 3.55. The molecule has 0 radical (unpaired) electrons. The average molecular weight is 368 g/mol. The molecule has 0 saturated heterocycles. The van der Waals surface area contributed by atoms with E-state index in [1.165, 1.54) is 0 Å². The molecular formula is C7H2F5IN2O2. The first-order valence-corrected chi connectivity index (χ1v) is 4.92. The van der Waals surface area contributed by atoms with Crippen molar-refractivity contribution in [2.24, 2.45) is 0 Å². The van der Waals surface area contributed by atoms with Crippen LogP contribution >= 0.6 is 22.6 Å². The van der Waals surface area contributed by atoms with Crippen LogP contribution in [0.5, 0.6) is 0 Å². The molecule has 0 bridgehead atoms. The fourth-order valence-corrected chi connectivity index (χ4v) is 1.87. The van der Waals surface area contributed by atoms with Crippen molar-refractivity contribution >= 4 is 28.4 Å². The Labute approximate surface area is 104 Å². The minimum Gasteiger partial charge on any atom is -0.358 e. The third-order valence-electron chi connectivity index (χ3n) is 1.72. The minimum absolute atomic E-state index is 0.535. The summed E-state index contributed by atoms with van der Waals surface area (Å²) in [5, 5.41) is 10.4. The van der Waals surface area contributed by atoms with Gasteiger partial charge in [0.2, 0.25) is 0 Å². The van der Waals surface area contributed by atoms with Gasteiger partial charge in [-0.25, -0.2) is 8.78 Å². The van der Waals surface area contributed by atoms with Gasteiger partial charge in [-0.15, -0.1) is 0 Å². The maximum Gasteiger partial charge on any atom is 0.418 e. The molecule has 0 aliphatic heterocycles. The zero-order valence-corrected chi connectivity index (χ0v) is 9.79. The lowest BCUT2D eigenvalue weighted by Crippen LogP contribution is -2.15. The zero-order valence-electron chi connectivity index (χ0n) is 7.63. The summed E-state index contributed by atoms with van der Waals surface area (Å²) in [5.74, 6) is -1.48. The largest absolute Gasteiger partial charge is 0.418 e. The van der Waals surface area contributed by atoms with Crippen molar-refractivity contribution in [3.05, 3.63) is 31.0 Å². The van der Waals surface area contributed by atoms with E-state index in [0.717, 1.165) is 22.6 Å². The molecule has 4 nitrogen and oxygen atoms in total. The number of halogens is 6. The van der Waals surface area contributed by atoms with Crippen LogP contribution in [0, 0.1) is 13.7 Å². The van der Waals surface area contributed by atoms with Crippen LogP contribution in [0.1, 0.15) is 17.6 Å². The summed E-state index contributed by atoms with van der Waals surface area (Å²) < 4.78 is 62.0. The molecule has 0 aliphatic rings. The highest BCUT2D eigenvalue weighted by Crippen LogP contribution is 2.42. The van der Waals surface area contributed by atoms with E-state index in [1.807, 2.05) is 0 Å². The van der Waals surface area contributed by atoms with Gasteiger partial charge in [0, 0.05) is 0 Å². The van der Waals surface area contributed by atoms with Crippen molar-refractivity contribution < 1.29 is 26.9 Å². The standard InChI is InChI=1S/C7H2F5IN2O2/c8-5(9)3-4(7(10,11)12)2(13)1-14-6(3)15(16)17/h1,5H. The molecule has 1 aromatic heterocycles. The topological polar surface area (TPSA) is 56.0 Å². The number of nitro groups is 1. The Morgan fingerprint density at radius 1 is 1.41 bits per heavy atom. The van der Waals surface area contributed by atoms with Crippen molar-refractivity contribution in [1.29, 1.82) is 0 Å². The number of pyridine rings is 1. The van der Waals surface area contributed by atoms with E-state index in [4.69, 9.17) is 0 Å². The number of nitrogens with zero attached hydrogens (tertiary/aromatic N) is 2. The van der Waals surface area contributed by atoms with Crippen molar-refractivity contribution in [2.75, 3.05) is 0 Å². The molecule has 1 aromatic rings. The molecule has 0 atom stereocenters. The summed E-state index contributed by atoms with van der Waals surface area (Å²) in [4.78, 5) is 12.0. The third-order valence-corrected chi connectivity index (χ3v) is 2.54. The minimum atomic E-state index is -5.10. The van der Waals surface area contributed by atoms with Crippen LogP contribution in [0.15, 0.2) is 6.20 Å². The summed E-state index contributed by atoms with van der Waals surface area (Å²) in [5.41, 5.74) is -3.41. The highest BCUT2D eigenvalue weighted by Gasteiger charge is 2.43. The monoisotopic (exact) mass is 368 g/mol. The lowest BCUT2D eigenvalue weighted by atomic mass is 10.1. The molecule has 94 valence electrons. The quantitative estimate of drug-likeness (QED) is 0.347. The summed E-state index contributed by atoms with van der Waals surface area (Å²) in [6.45, 7) is 0. The van der Waals surface area contributed by atoms with E-state index >= 15 is 0 Å². The van der Waals surface area contributed by atoms with Gasteiger partial charge >= 0.3 is 12.0 Å². The summed E-state index contributed by atoms with van der Waals surface area (Å²) in [6.07, 6.45) is -8.20. The number of hydrogen-bond donors (Lipinski definition) is 0. The number of alkyl halides is 5. The highest BCUT2D eigenvalue weighted by atomic mass is 127. The second-order valence-corrected chi connectivity index (χ2v) is 3.94.